The van der Waals surface area contributed by atoms with E-state index in [9.17, 15) is 18.0 Å². The molecule has 2 aromatic heterocycles. The van der Waals surface area contributed by atoms with E-state index in [0.717, 1.165) is 0 Å². The monoisotopic (exact) mass is 314 g/mol. The van der Waals surface area contributed by atoms with Crippen LogP contribution in [0.1, 0.15) is 0 Å². The molecule has 112 valence electrons. The van der Waals surface area contributed by atoms with Gasteiger partial charge in [0.1, 0.15) is 17.2 Å². The fourth-order valence-corrected chi connectivity index (χ4v) is 1.16. The number of rotatable bonds is 0. The summed E-state index contributed by atoms with van der Waals surface area (Å²) in [6, 6.07) is 1.72. The molecule has 0 unspecified atom stereocenters. The van der Waals surface area contributed by atoms with Crippen LogP contribution in [0.5, 0.6) is 0 Å². The second-order valence-corrected chi connectivity index (χ2v) is 5.00. The second kappa shape index (κ2) is 5.17. The number of halogens is 3. The smallest absolute Gasteiger partial charge is 0.462 e. The minimum atomic E-state index is -5.84. The van der Waals surface area contributed by atoms with Crippen LogP contribution in [-0.4, -0.2) is 23.0 Å². The largest absolute Gasteiger partial charge is 0.522 e. The first kappa shape index (κ1) is 16.0. The zero-order valence-electron chi connectivity index (χ0n) is 9.88. The summed E-state index contributed by atoms with van der Waals surface area (Å²) in [6.45, 7) is 0. The van der Waals surface area contributed by atoms with Crippen molar-refractivity contribution in [2.75, 3.05) is 5.73 Å². The molecule has 0 aliphatic carbocycles. The minimum Gasteiger partial charge on any atom is -0.462 e. The van der Waals surface area contributed by atoms with Gasteiger partial charge >= 0.3 is 15.6 Å². The van der Waals surface area contributed by atoms with Crippen molar-refractivity contribution >= 4 is 26.8 Å². The van der Waals surface area contributed by atoms with E-state index in [-0.39, 0.29) is 5.56 Å². The summed E-state index contributed by atoms with van der Waals surface area (Å²) in [4.78, 5) is 11.4. The third-order valence-electron chi connectivity index (χ3n) is 2.12. The van der Waals surface area contributed by atoms with E-state index in [0.29, 0.717) is 16.7 Å². The number of pyridine rings is 1. The second-order valence-electron chi connectivity index (χ2n) is 3.58. The number of nitrogen functional groups attached to an aromatic ring is 1. The predicted molar refractivity (Wildman–Crippen MR) is 63.5 cm³/mol. The van der Waals surface area contributed by atoms with Crippen molar-refractivity contribution in [2.24, 2.45) is 7.05 Å². The van der Waals surface area contributed by atoms with Crippen molar-refractivity contribution in [3.05, 3.63) is 28.9 Å². The summed E-state index contributed by atoms with van der Waals surface area (Å²) in [5, 5.41) is 0.458. The lowest BCUT2D eigenvalue weighted by Gasteiger charge is -1.97. The Morgan fingerprint density at radius 2 is 1.90 bits per heavy atom. The maximum Gasteiger partial charge on any atom is 0.522 e. The van der Waals surface area contributed by atoms with E-state index < -0.39 is 15.6 Å². The van der Waals surface area contributed by atoms with Crippen molar-refractivity contribution in [3.8, 4) is 0 Å². The highest BCUT2D eigenvalue weighted by Gasteiger charge is 2.44. The van der Waals surface area contributed by atoms with Gasteiger partial charge < -0.3 is 14.7 Å². The summed E-state index contributed by atoms with van der Waals surface area (Å²) in [5.74, 6) is 0. The Morgan fingerprint density at radius 3 is 2.35 bits per heavy atom. The molecule has 0 spiro atoms. The number of anilines is 1. The molecule has 0 bridgehead atoms. The third-order valence-corrected chi connectivity index (χ3v) is 2.71. The lowest BCUT2D eigenvalue weighted by molar-refractivity contribution is -0.0510. The van der Waals surface area contributed by atoms with Gasteiger partial charge in [-0.15, -0.1) is 0 Å². The Labute approximate surface area is 110 Å². The number of furan rings is 1. The highest BCUT2D eigenvalue weighted by molar-refractivity contribution is 7.86. The highest BCUT2D eigenvalue weighted by atomic mass is 32.2. The Morgan fingerprint density at radius 1 is 1.40 bits per heavy atom. The molecule has 0 fully saturated rings. The molecular formula is C9H9F3N2O5S. The number of hydrogen-bond acceptors (Lipinski definition) is 5. The SMILES string of the molecule is Cn1ccc2occ(N)c2c1=O.O=S(=O)(O)C(F)(F)F. The van der Waals surface area contributed by atoms with Crippen molar-refractivity contribution in [3.63, 3.8) is 0 Å². The number of alkyl halides is 3. The molecule has 0 amide bonds. The first-order valence-electron chi connectivity index (χ1n) is 4.81. The number of hydrogen-bond donors (Lipinski definition) is 2. The summed E-state index contributed by atoms with van der Waals surface area (Å²) in [7, 11) is -4.17. The van der Waals surface area contributed by atoms with Crippen molar-refractivity contribution in [2.45, 2.75) is 5.51 Å². The summed E-state index contributed by atoms with van der Waals surface area (Å²) in [6.07, 6.45) is 3.03. The topological polar surface area (TPSA) is 116 Å². The zero-order chi connectivity index (χ0) is 15.7. The van der Waals surface area contributed by atoms with Gasteiger partial charge in [0.25, 0.3) is 5.56 Å². The molecule has 3 N–H and O–H groups in total. The molecule has 0 radical (unpaired) electrons. The molecule has 0 saturated carbocycles. The number of fused-ring (bicyclic) bond motifs is 1. The van der Waals surface area contributed by atoms with Crippen LogP contribution in [0.25, 0.3) is 11.0 Å². The van der Waals surface area contributed by atoms with Gasteiger partial charge in [-0.05, 0) is 6.07 Å². The van der Waals surface area contributed by atoms with E-state index in [1.165, 1.54) is 10.8 Å². The van der Waals surface area contributed by atoms with Crippen LogP contribution in [-0.2, 0) is 17.2 Å². The third kappa shape index (κ3) is 3.30. The number of nitrogens with two attached hydrogens (primary N) is 1. The van der Waals surface area contributed by atoms with Gasteiger partial charge in [-0.25, -0.2) is 0 Å². The van der Waals surface area contributed by atoms with Gasteiger partial charge in [0, 0.05) is 13.2 Å². The van der Waals surface area contributed by atoms with Crippen LogP contribution >= 0.6 is 0 Å². The van der Waals surface area contributed by atoms with E-state index in [1.807, 2.05) is 0 Å². The van der Waals surface area contributed by atoms with Gasteiger partial charge in [-0.2, -0.15) is 21.6 Å². The molecule has 2 heterocycles. The van der Waals surface area contributed by atoms with Crippen LogP contribution in [0.2, 0.25) is 0 Å². The first-order valence-corrected chi connectivity index (χ1v) is 6.25. The van der Waals surface area contributed by atoms with E-state index in [4.69, 9.17) is 23.1 Å². The molecule has 0 atom stereocenters. The minimum absolute atomic E-state index is 0.126. The quantitative estimate of drug-likeness (QED) is 0.556. The maximum absolute atomic E-state index is 11.4. The Balaban J connectivity index is 0.000000221. The van der Waals surface area contributed by atoms with Crippen LogP contribution < -0.4 is 11.3 Å². The van der Waals surface area contributed by atoms with Crippen molar-refractivity contribution in [1.29, 1.82) is 0 Å². The fraction of sp³-hybridized carbons (Fsp3) is 0.222. The normalized spacial score (nSPS) is 12.1. The number of aryl methyl sites for hydroxylation is 1. The van der Waals surface area contributed by atoms with Crippen LogP contribution in [0.4, 0.5) is 18.9 Å². The van der Waals surface area contributed by atoms with Gasteiger partial charge in [-0.3, -0.25) is 9.35 Å². The lowest BCUT2D eigenvalue weighted by Crippen LogP contribution is -2.21. The molecule has 2 rings (SSSR count). The molecule has 0 aromatic carbocycles. The van der Waals surface area contributed by atoms with E-state index >= 15 is 0 Å². The van der Waals surface area contributed by atoms with Gasteiger partial charge in [0.05, 0.1) is 5.69 Å². The molecule has 11 heteroatoms. The Hall–Kier alpha value is -2.01. The molecular weight excluding hydrogens is 305 g/mol. The van der Waals surface area contributed by atoms with Gasteiger partial charge in [0.15, 0.2) is 0 Å². The van der Waals surface area contributed by atoms with E-state index in [1.54, 1.807) is 19.3 Å². The highest BCUT2D eigenvalue weighted by Crippen LogP contribution is 2.20. The van der Waals surface area contributed by atoms with Gasteiger partial charge in [0.2, 0.25) is 0 Å². The molecule has 0 aliphatic rings. The Bertz CT molecular complexity index is 775. The lowest BCUT2D eigenvalue weighted by atomic mass is 10.3. The average molecular weight is 314 g/mol. The zero-order valence-corrected chi connectivity index (χ0v) is 10.7. The molecule has 0 saturated heterocycles. The predicted octanol–water partition coefficient (Wildman–Crippen LogP) is 1.11. The number of aromatic nitrogens is 1. The van der Waals surface area contributed by atoms with Crippen LogP contribution in [0, 0.1) is 0 Å². The molecule has 20 heavy (non-hydrogen) atoms. The summed E-state index contributed by atoms with van der Waals surface area (Å²) < 4.78 is 64.1. The average Bonchev–Trinajstić information content (AvgIpc) is 2.64. The first-order chi connectivity index (χ1) is 8.95. The van der Waals surface area contributed by atoms with Crippen LogP contribution in [0.15, 0.2) is 27.7 Å². The standard InChI is InChI=1S/C8H8N2O2.CHF3O3S/c1-10-3-2-6-7(8(10)11)5(9)4-12-6;2-1(3,4)8(5,6)7/h2-4H,9H2,1H3;(H,5,6,7). The summed E-state index contributed by atoms with van der Waals surface area (Å²) >= 11 is 0. The Kier molecular flexibility index (Phi) is 4.15. The van der Waals surface area contributed by atoms with E-state index in [2.05, 4.69) is 0 Å². The molecule has 0 aliphatic heterocycles. The van der Waals surface area contributed by atoms with Crippen molar-refractivity contribution < 1.29 is 30.6 Å². The summed E-state index contributed by atoms with van der Waals surface area (Å²) in [5.41, 5.74) is 0.810. The number of nitrogens with zero attached hydrogens (tertiary/aromatic N) is 1. The van der Waals surface area contributed by atoms with Gasteiger partial charge in [-0.1, -0.05) is 0 Å². The molecule has 7 nitrogen and oxygen atoms in total. The van der Waals surface area contributed by atoms with Crippen LogP contribution in [0.3, 0.4) is 0 Å². The molecule has 2 aromatic rings. The maximum atomic E-state index is 11.4. The van der Waals surface area contributed by atoms with Crippen molar-refractivity contribution in [1.82, 2.24) is 4.57 Å². The fourth-order valence-electron chi connectivity index (χ4n) is 1.16.